The summed E-state index contributed by atoms with van der Waals surface area (Å²) in [4.78, 5) is 41.9. The van der Waals surface area contributed by atoms with Gasteiger partial charge in [0.05, 0.1) is 5.69 Å². The molecule has 2 aromatic heterocycles. The maximum absolute atomic E-state index is 12.7. The van der Waals surface area contributed by atoms with Crippen molar-refractivity contribution in [1.29, 1.82) is 0 Å². The van der Waals surface area contributed by atoms with E-state index in [9.17, 15) is 32.7 Å². The van der Waals surface area contributed by atoms with Gasteiger partial charge in [0, 0.05) is 23.6 Å². The van der Waals surface area contributed by atoms with Gasteiger partial charge in [0.1, 0.15) is 0 Å². The van der Waals surface area contributed by atoms with Crippen LogP contribution in [0.1, 0.15) is 10.5 Å². The number of amides is 3. The second-order valence-corrected chi connectivity index (χ2v) is 8.37. The average molecular weight is 558 g/mol. The number of ether oxygens (including phenoxy) is 1. The lowest BCUT2D eigenvalue weighted by Crippen LogP contribution is -2.50. The number of benzene rings is 2. The second kappa shape index (κ2) is 11.2. The van der Waals surface area contributed by atoms with Gasteiger partial charge in [-0.1, -0.05) is 12.1 Å². The summed E-state index contributed by atoms with van der Waals surface area (Å²) in [5.74, 6) is -2.27. The summed E-state index contributed by atoms with van der Waals surface area (Å²) in [6, 6.07) is 10.5. The topological polar surface area (TPSA) is 163 Å². The molecule has 0 aliphatic heterocycles. The monoisotopic (exact) mass is 558 g/mol. The highest BCUT2D eigenvalue weighted by molar-refractivity contribution is 6.01. The largest absolute Gasteiger partial charge is 0.573 e. The highest BCUT2D eigenvalue weighted by atomic mass is 19.4. The first kappa shape index (κ1) is 27.8. The van der Waals surface area contributed by atoms with Gasteiger partial charge in [0.2, 0.25) is 0 Å². The number of para-hydroxylation sites is 2. The molecule has 0 aliphatic rings. The number of aromatic nitrogens is 4. The lowest BCUT2D eigenvalue weighted by molar-refractivity contribution is -0.274. The maximum atomic E-state index is 12.7. The molecule has 4 aromatic rings. The van der Waals surface area contributed by atoms with Crippen molar-refractivity contribution in [2.45, 2.75) is 12.5 Å². The van der Waals surface area contributed by atoms with Gasteiger partial charge in [-0.25, -0.2) is 14.6 Å². The standard InChI is InChI=1S/C24H21F3N8O5/c1-34(2)20(22(37)38)31-21(36)17-19-33-32-18(35(19)12-11-28-17)13-7-9-14(10-8-13)29-23(39)30-15-5-3-4-6-16(15)40-24(25,26)27/h3-12,20H,1-2H3,(H,31,36)(H,37,38)(H2,29,30,39). The number of nitrogens with zero attached hydrogens (tertiary/aromatic N) is 5. The number of fused-ring (bicyclic) bond motifs is 1. The summed E-state index contributed by atoms with van der Waals surface area (Å²) in [6.45, 7) is 0. The Kier molecular flexibility index (Phi) is 7.81. The fourth-order valence-corrected chi connectivity index (χ4v) is 3.56. The first-order valence-electron chi connectivity index (χ1n) is 11.4. The number of carbonyl (C=O) groups excluding carboxylic acids is 2. The first-order valence-corrected chi connectivity index (χ1v) is 11.4. The number of carbonyl (C=O) groups is 3. The van der Waals surface area contributed by atoms with E-state index in [0.29, 0.717) is 17.1 Å². The van der Waals surface area contributed by atoms with Crippen molar-refractivity contribution in [1.82, 2.24) is 29.8 Å². The Morgan fingerprint density at radius 3 is 2.38 bits per heavy atom. The van der Waals surface area contributed by atoms with Crippen LogP contribution in [0.4, 0.5) is 29.3 Å². The van der Waals surface area contributed by atoms with E-state index in [4.69, 9.17) is 0 Å². The summed E-state index contributed by atoms with van der Waals surface area (Å²) in [5.41, 5.74) is 0.613. The van der Waals surface area contributed by atoms with E-state index >= 15 is 0 Å². The van der Waals surface area contributed by atoms with Crippen molar-refractivity contribution in [2.24, 2.45) is 0 Å². The molecule has 1 unspecified atom stereocenters. The Balaban J connectivity index is 1.49. The summed E-state index contributed by atoms with van der Waals surface area (Å²) in [7, 11) is 2.98. The molecule has 1 atom stereocenters. The quantitative estimate of drug-likeness (QED) is 0.238. The average Bonchev–Trinajstić information content (AvgIpc) is 3.32. The Morgan fingerprint density at radius 1 is 1.02 bits per heavy atom. The fraction of sp³-hybridized carbons (Fsp3) is 0.167. The summed E-state index contributed by atoms with van der Waals surface area (Å²) in [5, 5.41) is 24.6. The molecule has 4 N–H and O–H groups in total. The molecule has 3 amide bonds. The van der Waals surface area contributed by atoms with Crippen LogP contribution in [0.15, 0.2) is 60.9 Å². The van der Waals surface area contributed by atoms with Crippen LogP contribution in [-0.4, -0.2) is 74.1 Å². The lowest BCUT2D eigenvalue weighted by Gasteiger charge is -2.20. The number of urea groups is 1. The Bertz CT molecular complexity index is 1560. The third-order valence-corrected chi connectivity index (χ3v) is 5.32. The summed E-state index contributed by atoms with van der Waals surface area (Å²) in [6.07, 6.45) is -3.37. The van der Waals surface area contributed by atoms with E-state index in [1.54, 1.807) is 12.1 Å². The number of carboxylic acid groups (broad SMARTS) is 1. The second-order valence-electron chi connectivity index (χ2n) is 8.37. The van der Waals surface area contributed by atoms with Crippen LogP contribution < -0.4 is 20.7 Å². The molecule has 0 radical (unpaired) electrons. The van der Waals surface area contributed by atoms with E-state index in [-0.39, 0.29) is 17.0 Å². The van der Waals surface area contributed by atoms with Crippen molar-refractivity contribution in [3.63, 3.8) is 0 Å². The number of anilines is 2. The van der Waals surface area contributed by atoms with Gasteiger partial charge in [-0.3, -0.25) is 14.1 Å². The van der Waals surface area contributed by atoms with E-state index in [1.807, 2.05) is 0 Å². The molecule has 2 aromatic carbocycles. The Hall–Kier alpha value is -5.25. The van der Waals surface area contributed by atoms with Gasteiger partial charge in [0.15, 0.2) is 29.1 Å². The predicted octanol–water partition coefficient (Wildman–Crippen LogP) is 3.04. The van der Waals surface area contributed by atoms with Crippen LogP contribution in [0, 0.1) is 0 Å². The van der Waals surface area contributed by atoms with Gasteiger partial charge in [-0.2, -0.15) is 0 Å². The molecule has 4 rings (SSSR count). The number of hydrogen-bond acceptors (Lipinski definition) is 8. The number of nitrogens with one attached hydrogen (secondary N) is 3. The Morgan fingerprint density at radius 2 is 1.73 bits per heavy atom. The van der Waals surface area contributed by atoms with Crippen LogP contribution in [0.2, 0.25) is 0 Å². The van der Waals surface area contributed by atoms with Gasteiger partial charge in [-0.05, 0) is 50.5 Å². The minimum absolute atomic E-state index is 0.0826. The number of hydrogen-bond donors (Lipinski definition) is 4. The molecule has 13 nitrogen and oxygen atoms in total. The predicted molar refractivity (Wildman–Crippen MR) is 135 cm³/mol. The third kappa shape index (κ3) is 6.41. The normalized spacial score (nSPS) is 12.2. The highest BCUT2D eigenvalue weighted by Gasteiger charge is 2.32. The molecule has 16 heteroatoms. The van der Waals surface area contributed by atoms with Crippen molar-refractivity contribution in [3.8, 4) is 17.1 Å². The van der Waals surface area contributed by atoms with Crippen molar-refractivity contribution in [2.75, 3.05) is 24.7 Å². The van der Waals surface area contributed by atoms with Crippen molar-refractivity contribution >= 4 is 34.9 Å². The van der Waals surface area contributed by atoms with Gasteiger partial charge in [0.25, 0.3) is 5.91 Å². The minimum Gasteiger partial charge on any atom is -0.479 e. The molecule has 40 heavy (non-hydrogen) atoms. The smallest absolute Gasteiger partial charge is 0.479 e. The molecular weight excluding hydrogens is 537 g/mol. The number of carboxylic acids is 1. The zero-order chi connectivity index (χ0) is 29.0. The molecular formula is C24H21F3N8O5. The number of aliphatic carboxylic acids is 1. The van der Waals surface area contributed by atoms with Gasteiger partial charge >= 0.3 is 18.4 Å². The van der Waals surface area contributed by atoms with Crippen LogP contribution in [0.25, 0.3) is 17.0 Å². The van der Waals surface area contributed by atoms with Crippen molar-refractivity contribution < 1.29 is 37.4 Å². The number of alkyl halides is 3. The lowest BCUT2D eigenvalue weighted by atomic mass is 10.2. The van der Waals surface area contributed by atoms with Gasteiger partial charge < -0.3 is 25.8 Å². The fourth-order valence-electron chi connectivity index (χ4n) is 3.56. The molecule has 0 fully saturated rings. The number of halogens is 3. The molecule has 0 saturated carbocycles. The summed E-state index contributed by atoms with van der Waals surface area (Å²) >= 11 is 0. The molecule has 0 aliphatic carbocycles. The van der Waals surface area contributed by atoms with E-state index < -0.39 is 36.2 Å². The van der Waals surface area contributed by atoms with E-state index in [1.165, 1.54) is 66.1 Å². The molecule has 0 bridgehead atoms. The zero-order valence-corrected chi connectivity index (χ0v) is 20.8. The van der Waals surface area contributed by atoms with Crippen molar-refractivity contribution in [3.05, 3.63) is 66.6 Å². The molecule has 208 valence electrons. The molecule has 0 spiro atoms. The summed E-state index contributed by atoms with van der Waals surface area (Å²) < 4.78 is 43.3. The SMILES string of the molecule is CN(C)C(NC(=O)c1nccn2c(-c3ccc(NC(=O)Nc4ccccc4OC(F)(F)F)cc3)nnc12)C(=O)O. The molecule has 2 heterocycles. The van der Waals surface area contributed by atoms with Crippen LogP contribution in [0.3, 0.4) is 0 Å². The number of rotatable bonds is 8. The van der Waals surface area contributed by atoms with E-state index in [0.717, 1.165) is 6.07 Å². The van der Waals surface area contributed by atoms with Gasteiger partial charge in [-0.15, -0.1) is 23.4 Å². The van der Waals surface area contributed by atoms with Crippen LogP contribution in [0.5, 0.6) is 5.75 Å². The highest BCUT2D eigenvalue weighted by Crippen LogP contribution is 2.30. The maximum Gasteiger partial charge on any atom is 0.573 e. The van der Waals surface area contributed by atoms with E-state index in [2.05, 4.69) is 35.9 Å². The Labute approximate surface area is 223 Å². The first-order chi connectivity index (χ1) is 18.9. The molecule has 0 saturated heterocycles. The van der Waals surface area contributed by atoms with Crippen LogP contribution >= 0.6 is 0 Å². The van der Waals surface area contributed by atoms with Crippen LogP contribution in [-0.2, 0) is 4.79 Å². The minimum atomic E-state index is -4.93. The zero-order valence-electron chi connectivity index (χ0n) is 20.8. The number of likely N-dealkylation sites (N-methyl/N-ethyl adjacent to an activating group) is 1. The third-order valence-electron chi connectivity index (χ3n) is 5.32.